The van der Waals surface area contributed by atoms with Crippen molar-refractivity contribution in [2.75, 3.05) is 25.5 Å². The maximum Gasteiger partial charge on any atom is 0.289 e. The number of methoxy groups -OCH3 is 1. The fourth-order valence-electron chi connectivity index (χ4n) is 4.23. The molecule has 1 fully saturated rings. The molecule has 2 aliphatic rings. The normalized spacial score (nSPS) is 16.3. The number of piperidine rings is 1. The lowest BCUT2D eigenvalue weighted by Gasteiger charge is -2.27. The number of carbonyl (C=O) groups is 2. The van der Waals surface area contributed by atoms with Crippen LogP contribution in [-0.2, 0) is 13.0 Å². The van der Waals surface area contributed by atoms with Crippen LogP contribution >= 0.6 is 0 Å². The molecule has 0 atom stereocenters. The van der Waals surface area contributed by atoms with Gasteiger partial charge in [-0.3, -0.25) is 9.59 Å². The van der Waals surface area contributed by atoms with Gasteiger partial charge in [0.25, 0.3) is 11.8 Å². The molecule has 0 radical (unpaired) electrons. The van der Waals surface area contributed by atoms with Crippen LogP contribution in [0.2, 0.25) is 0 Å². The minimum absolute atomic E-state index is 0.0555. The molecule has 1 aromatic carbocycles. The maximum atomic E-state index is 13.1. The van der Waals surface area contributed by atoms with Crippen molar-refractivity contribution >= 4 is 17.5 Å². The van der Waals surface area contributed by atoms with E-state index in [-0.39, 0.29) is 11.8 Å². The number of aromatic nitrogens is 2. The van der Waals surface area contributed by atoms with Gasteiger partial charge in [-0.15, -0.1) is 0 Å². The number of fused-ring (bicyclic) bond motifs is 1. The smallest absolute Gasteiger partial charge is 0.289 e. The summed E-state index contributed by atoms with van der Waals surface area (Å²) >= 11 is 0. The molecule has 0 bridgehead atoms. The minimum Gasteiger partial charge on any atom is -0.495 e. The minimum atomic E-state index is -0.294. The van der Waals surface area contributed by atoms with Crippen molar-refractivity contribution in [2.45, 2.75) is 52.0 Å². The summed E-state index contributed by atoms with van der Waals surface area (Å²) in [4.78, 5) is 32.6. The average molecular weight is 396 g/mol. The van der Waals surface area contributed by atoms with E-state index in [1.165, 1.54) is 0 Å². The van der Waals surface area contributed by atoms with Crippen molar-refractivity contribution in [3.8, 4) is 5.75 Å². The molecule has 1 saturated heterocycles. The van der Waals surface area contributed by atoms with Gasteiger partial charge < -0.3 is 19.5 Å². The van der Waals surface area contributed by atoms with Crippen LogP contribution in [0, 0.1) is 6.92 Å². The van der Waals surface area contributed by atoms with Crippen LogP contribution < -0.4 is 10.1 Å². The molecule has 7 nitrogen and oxygen atoms in total. The molecule has 0 spiro atoms. The Hall–Kier alpha value is -2.83. The zero-order valence-electron chi connectivity index (χ0n) is 17.2. The van der Waals surface area contributed by atoms with Crippen LogP contribution in [0.25, 0.3) is 0 Å². The van der Waals surface area contributed by atoms with Gasteiger partial charge >= 0.3 is 0 Å². The van der Waals surface area contributed by atoms with Crippen molar-refractivity contribution in [3.63, 3.8) is 0 Å². The number of hydrogen-bond acceptors (Lipinski definition) is 4. The summed E-state index contributed by atoms with van der Waals surface area (Å²) in [5, 5.41) is 2.94. The molecule has 3 heterocycles. The third-order valence-electron chi connectivity index (χ3n) is 5.77. The number of benzene rings is 1. The van der Waals surface area contributed by atoms with E-state index < -0.39 is 0 Å². The number of anilines is 1. The van der Waals surface area contributed by atoms with Gasteiger partial charge in [-0.05, 0) is 63.1 Å². The molecule has 1 N–H and O–H groups in total. The molecule has 154 valence electrons. The predicted octanol–water partition coefficient (Wildman–Crippen LogP) is 3.41. The largest absolute Gasteiger partial charge is 0.495 e. The molecule has 29 heavy (non-hydrogen) atoms. The van der Waals surface area contributed by atoms with E-state index in [2.05, 4.69) is 10.3 Å². The zero-order chi connectivity index (χ0) is 20.4. The molecule has 7 heteroatoms. The molecular weight excluding hydrogens is 368 g/mol. The van der Waals surface area contributed by atoms with Gasteiger partial charge in [0.05, 0.1) is 18.5 Å². The Morgan fingerprint density at radius 2 is 1.83 bits per heavy atom. The highest BCUT2D eigenvalue weighted by molar-refractivity contribution is 6.05. The van der Waals surface area contributed by atoms with Gasteiger partial charge in [0, 0.05) is 19.6 Å². The number of nitrogens with one attached hydrogen (secondary N) is 1. The first kappa shape index (κ1) is 19.5. The van der Waals surface area contributed by atoms with E-state index in [0.29, 0.717) is 23.0 Å². The van der Waals surface area contributed by atoms with E-state index >= 15 is 0 Å². The third kappa shape index (κ3) is 3.86. The van der Waals surface area contributed by atoms with Crippen molar-refractivity contribution in [2.24, 2.45) is 0 Å². The van der Waals surface area contributed by atoms with E-state index in [0.717, 1.165) is 69.4 Å². The molecule has 0 aliphatic carbocycles. The van der Waals surface area contributed by atoms with Crippen LogP contribution in [0.5, 0.6) is 5.75 Å². The van der Waals surface area contributed by atoms with Crippen molar-refractivity contribution in [1.29, 1.82) is 0 Å². The van der Waals surface area contributed by atoms with Crippen LogP contribution in [0.15, 0.2) is 18.2 Å². The van der Waals surface area contributed by atoms with E-state index in [1.807, 2.05) is 34.6 Å². The molecule has 4 rings (SSSR count). The maximum absolute atomic E-state index is 13.1. The fraction of sp³-hybridized carbons (Fsp3) is 0.500. The van der Waals surface area contributed by atoms with Crippen molar-refractivity contribution in [1.82, 2.24) is 14.5 Å². The van der Waals surface area contributed by atoms with Crippen molar-refractivity contribution in [3.05, 3.63) is 41.0 Å². The number of rotatable bonds is 4. The molecule has 0 unspecified atom stereocenters. The zero-order valence-corrected chi connectivity index (χ0v) is 17.2. The second kappa shape index (κ2) is 8.27. The van der Waals surface area contributed by atoms with Gasteiger partial charge in [0.2, 0.25) is 0 Å². The topological polar surface area (TPSA) is 76.5 Å². The number of aryl methyl sites for hydroxylation is 1. The van der Waals surface area contributed by atoms with Crippen LogP contribution in [0.3, 0.4) is 0 Å². The lowest BCUT2D eigenvalue weighted by molar-refractivity contribution is 0.0705. The highest BCUT2D eigenvalue weighted by Crippen LogP contribution is 2.28. The quantitative estimate of drug-likeness (QED) is 0.859. The molecular formula is C22H28N4O3. The molecule has 2 aliphatic heterocycles. The van der Waals surface area contributed by atoms with Gasteiger partial charge in [-0.25, -0.2) is 4.98 Å². The number of carbonyl (C=O) groups excluding carboxylic acids is 2. The Morgan fingerprint density at radius 1 is 1.07 bits per heavy atom. The van der Waals surface area contributed by atoms with Crippen LogP contribution in [-0.4, -0.2) is 46.5 Å². The van der Waals surface area contributed by atoms with Gasteiger partial charge in [0.15, 0.2) is 11.5 Å². The molecule has 0 saturated carbocycles. The van der Waals surface area contributed by atoms with Crippen LogP contribution in [0.1, 0.15) is 64.5 Å². The highest BCUT2D eigenvalue weighted by atomic mass is 16.5. The highest BCUT2D eigenvalue weighted by Gasteiger charge is 2.30. The molecule has 2 amide bonds. The van der Waals surface area contributed by atoms with E-state index in [9.17, 15) is 9.59 Å². The lowest BCUT2D eigenvalue weighted by Crippen LogP contribution is -2.37. The van der Waals surface area contributed by atoms with Gasteiger partial charge in [-0.2, -0.15) is 0 Å². The Labute approximate surface area is 171 Å². The summed E-state index contributed by atoms with van der Waals surface area (Å²) in [6.07, 6.45) is 5.97. The Bertz CT molecular complexity index is 928. The first-order chi connectivity index (χ1) is 14.1. The first-order valence-electron chi connectivity index (χ1n) is 10.4. The van der Waals surface area contributed by atoms with E-state index in [4.69, 9.17) is 4.74 Å². The summed E-state index contributed by atoms with van der Waals surface area (Å²) in [5.41, 5.74) is 2.85. The standard InChI is InChI=1S/C22H28N4O3/c1-15-9-10-18(29-2)16(14-15)23-21(27)19-17-8-4-7-13-26(17)20(24-19)22(28)25-11-5-3-6-12-25/h9-10,14H,3-8,11-13H2,1-2H3,(H,23,27). The van der Waals surface area contributed by atoms with Crippen LogP contribution in [0.4, 0.5) is 5.69 Å². The summed E-state index contributed by atoms with van der Waals surface area (Å²) in [5.74, 6) is 0.655. The summed E-state index contributed by atoms with van der Waals surface area (Å²) < 4.78 is 7.33. The number of likely N-dealkylation sites (tertiary alicyclic amines) is 1. The fourth-order valence-corrected chi connectivity index (χ4v) is 4.23. The Balaban J connectivity index is 1.65. The van der Waals surface area contributed by atoms with E-state index in [1.54, 1.807) is 7.11 Å². The number of amides is 2. The Kier molecular flexibility index (Phi) is 5.56. The summed E-state index contributed by atoms with van der Waals surface area (Å²) in [7, 11) is 1.58. The SMILES string of the molecule is COc1ccc(C)cc1NC(=O)c1nc(C(=O)N2CCCCC2)n2c1CCCC2. The number of ether oxygens (including phenoxy) is 1. The molecule has 1 aromatic heterocycles. The molecule has 2 aromatic rings. The predicted molar refractivity (Wildman–Crippen MR) is 111 cm³/mol. The van der Waals surface area contributed by atoms with Gasteiger partial charge in [-0.1, -0.05) is 6.07 Å². The summed E-state index contributed by atoms with van der Waals surface area (Å²) in [6.45, 7) is 4.23. The monoisotopic (exact) mass is 396 g/mol. The number of nitrogens with zero attached hydrogens (tertiary/aromatic N) is 3. The number of imidazole rings is 1. The first-order valence-corrected chi connectivity index (χ1v) is 10.4. The second-order valence-electron chi connectivity index (χ2n) is 7.85. The lowest BCUT2D eigenvalue weighted by atomic mass is 10.1. The number of hydrogen-bond donors (Lipinski definition) is 1. The summed E-state index contributed by atoms with van der Waals surface area (Å²) in [6, 6.07) is 5.64. The third-order valence-corrected chi connectivity index (χ3v) is 5.77. The second-order valence-corrected chi connectivity index (χ2v) is 7.85. The van der Waals surface area contributed by atoms with Gasteiger partial charge in [0.1, 0.15) is 5.75 Å². The average Bonchev–Trinajstić information content (AvgIpc) is 3.14. The van der Waals surface area contributed by atoms with Crippen molar-refractivity contribution < 1.29 is 14.3 Å². The Morgan fingerprint density at radius 3 is 2.59 bits per heavy atom.